The van der Waals surface area contributed by atoms with E-state index < -0.39 is 6.10 Å². The number of aliphatic hydroxyl groups is 2. The number of aliphatic hydroxyl groups excluding tert-OH is 2. The summed E-state index contributed by atoms with van der Waals surface area (Å²) in [6.45, 7) is 1.45. The van der Waals surface area contributed by atoms with Crippen LogP contribution >= 0.6 is 0 Å². The fourth-order valence-electron chi connectivity index (χ4n) is 2.01. The lowest BCUT2D eigenvalue weighted by atomic mass is 10.2. The van der Waals surface area contributed by atoms with Crippen LogP contribution in [0.25, 0.3) is 0 Å². The second-order valence-electron chi connectivity index (χ2n) is 5.72. The van der Waals surface area contributed by atoms with Crippen LogP contribution in [0.3, 0.4) is 0 Å². The Morgan fingerprint density at radius 1 is 0.840 bits per heavy atom. The fraction of sp³-hybridized carbons (Fsp3) is 0.571. The van der Waals surface area contributed by atoms with E-state index in [9.17, 15) is 4.79 Å². The lowest BCUT2D eigenvalue weighted by Crippen LogP contribution is -2.25. The molecule has 0 aromatic rings. The Kier molecular flexibility index (Phi) is 17.5. The molecule has 0 aromatic carbocycles. The Morgan fingerprint density at radius 3 is 1.88 bits per heavy atom. The molecule has 4 heteroatoms. The molecule has 0 amide bonds. The second kappa shape index (κ2) is 18.7. The molecular formula is C21H34O4. The first-order valence-electron chi connectivity index (χ1n) is 9.25. The van der Waals surface area contributed by atoms with Crippen molar-refractivity contribution < 1.29 is 19.7 Å². The highest BCUT2D eigenvalue weighted by molar-refractivity contribution is 5.69. The van der Waals surface area contributed by atoms with Crippen molar-refractivity contribution in [1.82, 2.24) is 0 Å². The van der Waals surface area contributed by atoms with Crippen LogP contribution in [-0.4, -0.2) is 35.5 Å². The van der Waals surface area contributed by atoms with Gasteiger partial charge in [0, 0.05) is 6.42 Å². The van der Waals surface area contributed by atoms with Crippen molar-refractivity contribution in [3.63, 3.8) is 0 Å². The van der Waals surface area contributed by atoms with Gasteiger partial charge in [0.1, 0.15) is 6.10 Å². The van der Waals surface area contributed by atoms with E-state index in [1.165, 1.54) is 0 Å². The maximum Gasteiger partial charge on any atom is 0.306 e. The minimum atomic E-state index is -0.790. The summed E-state index contributed by atoms with van der Waals surface area (Å²) in [4.78, 5) is 11.4. The zero-order valence-corrected chi connectivity index (χ0v) is 15.5. The third kappa shape index (κ3) is 17.0. The summed E-state index contributed by atoms with van der Waals surface area (Å²) in [6, 6.07) is 0. The molecule has 0 aliphatic rings. The van der Waals surface area contributed by atoms with E-state index in [-0.39, 0.29) is 19.2 Å². The highest BCUT2D eigenvalue weighted by Gasteiger charge is 2.11. The molecule has 0 saturated heterocycles. The molecule has 0 heterocycles. The molecule has 0 rings (SSSR count). The van der Waals surface area contributed by atoms with Crippen LogP contribution in [-0.2, 0) is 9.53 Å². The van der Waals surface area contributed by atoms with Gasteiger partial charge in [0.25, 0.3) is 0 Å². The Hall–Kier alpha value is -1.65. The van der Waals surface area contributed by atoms with Crippen molar-refractivity contribution in [1.29, 1.82) is 0 Å². The van der Waals surface area contributed by atoms with Gasteiger partial charge in [-0.15, -0.1) is 0 Å². The van der Waals surface area contributed by atoms with Crippen LogP contribution in [0.1, 0.15) is 58.3 Å². The molecule has 4 nitrogen and oxygen atoms in total. The Morgan fingerprint density at radius 2 is 1.36 bits per heavy atom. The Balaban J connectivity index is 3.53. The molecule has 0 fully saturated rings. The van der Waals surface area contributed by atoms with Crippen molar-refractivity contribution >= 4 is 5.97 Å². The predicted octanol–water partition coefficient (Wildman–Crippen LogP) is 4.25. The van der Waals surface area contributed by atoms with E-state index in [4.69, 9.17) is 14.9 Å². The van der Waals surface area contributed by atoms with Crippen molar-refractivity contribution in [2.24, 2.45) is 0 Å². The van der Waals surface area contributed by atoms with E-state index in [1.807, 2.05) is 0 Å². The van der Waals surface area contributed by atoms with E-state index in [0.29, 0.717) is 6.42 Å². The summed E-state index contributed by atoms with van der Waals surface area (Å²) in [5.41, 5.74) is 0. The number of allylic oxidation sites excluding steroid dienone is 8. The van der Waals surface area contributed by atoms with Crippen LogP contribution in [0, 0.1) is 0 Å². The minimum absolute atomic E-state index is 0.323. The van der Waals surface area contributed by atoms with Gasteiger partial charge in [-0.05, 0) is 44.9 Å². The number of unbranched alkanes of at least 4 members (excludes halogenated alkanes) is 2. The molecule has 0 spiro atoms. The van der Waals surface area contributed by atoms with Crippen LogP contribution in [0.2, 0.25) is 0 Å². The zero-order chi connectivity index (χ0) is 18.6. The number of hydrogen-bond acceptors (Lipinski definition) is 4. The molecule has 2 N–H and O–H groups in total. The third-order valence-corrected chi connectivity index (χ3v) is 3.43. The van der Waals surface area contributed by atoms with Crippen LogP contribution in [0.15, 0.2) is 48.6 Å². The quantitative estimate of drug-likeness (QED) is 0.263. The van der Waals surface area contributed by atoms with E-state index in [1.54, 1.807) is 0 Å². The SMILES string of the molecule is CCC=CCC=CCC=CCC=CCCCCC(=O)OC(CO)CO. The minimum Gasteiger partial charge on any atom is -0.457 e. The Bertz CT molecular complexity index is 418. The summed E-state index contributed by atoms with van der Waals surface area (Å²) in [6.07, 6.45) is 23.5. The number of carbonyl (C=O) groups is 1. The van der Waals surface area contributed by atoms with Crippen LogP contribution in [0.5, 0.6) is 0 Å². The first-order chi connectivity index (χ1) is 12.2. The highest BCUT2D eigenvalue weighted by Crippen LogP contribution is 2.04. The van der Waals surface area contributed by atoms with Gasteiger partial charge in [-0.1, -0.05) is 55.5 Å². The van der Waals surface area contributed by atoms with Gasteiger partial charge in [0.15, 0.2) is 0 Å². The maximum atomic E-state index is 11.4. The number of ether oxygens (including phenoxy) is 1. The molecule has 0 aromatic heterocycles. The van der Waals surface area contributed by atoms with Gasteiger partial charge in [-0.25, -0.2) is 0 Å². The molecule has 0 saturated carbocycles. The molecule has 0 radical (unpaired) electrons. The van der Waals surface area contributed by atoms with Gasteiger partial charge in [0.05, 0.1) is 13.2 Å². The molecule has 0 aliphatic carbocycles. The molecule has 25 heavy (non-hydrogen) atoms. The molecule has 0 atom stereocenters. The molecule has 142 valence electrons. The number of carbonyl (C=O) groups excluding carboxylic acids is 1. The molecule has 0 aliphatic heterocycles. The molecule has 0 unspecified atom stereocenters. The van der Waals surface area contributed by atoms with Gasteiger partial charge < -0.3 is 14.9 Å². The zero-order valence-electron chi connectivity index (χ0n) is 15.5. The number of esters is 1. The highest BCUT2D eigenvalue weighted by atomic mass is 16.6. The van der Waals surface area contributed by atoms with Gasteiger partial charge >= 0.3 is 5.97 Å². The van der Waals surface area contributed by atoms with Gasteiger partial charge in [0.2, 0.25) is 0 Å². The predicted molar refractivity (Wildman–Crippen MR) is 103 cm³/mol. The summed E-state index contributed by atoms with van der Waals surface area (Å²) in [5, 5.41) is 17.6. The average molecular weight is 350 g/mol. The van der Waals surface area contributed by atoms with Crippen LogP contribution < -0.4 is 0 Å². The first-order valence-corrected chi connectivity index (χ1v) is 9.25. The Labute approximate surface area is 152 Å². The standard InChI is InChI=1S/C21H34O4/c1-2-3-4-5-6-7-8-9-10-11-12-13-14-15-16-17-21(24)25-20(18-22)19-23/h3-4,6-7,9-10,12-13,20,22-23H,2,5,8,11,14-19H2,1H3. The van der Waals surface area contributed by atoms with Crippen molar-refractivity contribution in [2.45, 2.75) is 64.4 Å². The fourth-order valence-corrected chi connectivity index (χ4v) is 2.01. The third-order valence-electron chi connectivity index (χ3n) is 3.43. The maximum absolute atomic E-state index is 11.4. The van der Waals surface area contributed by atoms with Crippen molar-refractivity contribution in [2.75, 3.05) is 13.2 Å². The van der Waals surface area contributed by atoms with Crippen LogP contribution in [0.4, 0.5) is 0 Å². The summed E-state index contributed by atoms with van der Waals surface area (Å²) in [7, 11) is 0. The number of hydrogen-bond donors (Lipinski definition) is 2. The summed E-state index contributed by atoms with van der Waals surface area (Å²) < 4.78 is 4.89. The lowest BCUT2D eigenvalue weighted by molar-refractivity contribution is -0.153. The topological polar surface area (TPSA) is 66.8 Å². The lowest BCUT2D eigenvalue weighted by Gasteiger charge is -2.12. The first kappa shape index (κ1) is 23.4. The summed E-state index contributed by atoms with van der Waals surface area (Å²) >= 11 is 0. The van der Waals surface area contributed by atoms with Gasteiger partial charge in [-0.2, -0.15) is 0 Å². The number of rotatable bonds is 15. The van der Waals surface area contributed by atoms with E-state index >= 15 is 0 Å². The van der Waals surface area contributed by atoms with Crippen molar-refractivity contribution in [3.8, 4) is 0 Å². The smallest absolute Gasteiger partial charge is 0.306 e. The largest absolute Gasteiger partial charge is 0.457 e. The van der Waals surface area contributed by atoms with E-state index in [2.05, 4.69) is 55.5 Å². The normalized spacial score (nSPS) is 12.5. The second-order valence-corrected chi connectivity index (χ2v) is 5.72. The van der Waals surface area contributed by atoms with Crippen molar-refractivity contribution in [3.05, 3.63) is 48.6 Å². The van der Waals surface area contributed by atoms with E-state index in [0.717, 1.165) is 44.9 Å². The summed E-state index contributed by atoms with van der Waals surface area (Å²) in [5.74, 6) is -0.363. The average Bonchev–Trinajstić information content (AvgIpc) is 2.62. The van der Waals surface area contributed by atoms with Gasteiger partial charge in [-0.3, -0.25) is 4.79 Å². The molecular weight excluding hydrogens is 316 g/mol. The molecule has 0 bridgehead atoms. The monoisotopic (exact) mass is 350 g/mol.